The Labute approximate surface area is 200 Å². The number of ether oxygens (including phenoxy) is 1. The number of aliphatic carboxylic acids is 1. The average molecular weight is 465 g/mol. The van der Waals surface area contributed by atoms with Crippen LogP contribution in [-0.2, 0) is 16.1 Å². The smallest absolute Gasteiger partial charge is 0.329 e. The number of aromatic nitrogens is 2. The Morgan fingerprint density at radius 2 is 1.74 bits per heavy atom. The Morgan fingerprint density at radius 3 is 2.38 bits per heavy atom. The summed E-state index contributed by atoms with van der Waals surface area (Å²) in [6.45, 7) is 5.45. The fourth-order valence-corrected chi connectivity index (χ4v) is 5.07. The highest BCUT2D eigenvalue weighted by atomic mass is 19.1. The molecule has 4 rings (SSSR count). The molecule has 34 heavy (non-hydrogen) atoms. The lowest BCUT2D eigenvalue weighted by molar-refractivity contribution is -0.142. The third-order valence-corrected chi connectivity index (χ3v) is 6.68. The number of carboxylic acid groups (broad SMARTS) is 1. The lowest BCUT2D eigenvalue weighted by Gasteiger charge is -2.29. The van der Waals surface area contributed by atoms with E-state index in [0.29, 0.717) is 18.4 Å². The van der Waals surface area contributed by atoms with Crippen LogP contribution in [0, 0.1) is 17.7 Å². The molecule has 6 heteroatoms. The molecule has 1 aliphatic rings. The molecule has 1 saturated carbocycles. The van der Waals surface area contributed by atoms with Crippen molar-refractivity contribution in [3.05, 3.63) is 66.1 Å². The van der Waals surface area contributed by atoms with Crippen LogP contribution >= 0.6 is 0 Å². The largest absolute Gasteiger partial charge is 0.480 e. The Bertz CT molecular complexity index is 1100. The molecule has 0 radical (unpaired) electrons. The molecule has 1 fully saturated rings. The quantitative estimate of drug-likeness (QED) is 0.399. The second kappa shape index (κ2) is 11.0. The molecule has 5 nitrogen and oxygen atoms in total. The first kappa shape index (κ1) is 24.1. The van der Waals surface area contributed by atoms with Crippen molar-refractivity contribution in [2.75, 3.05) is 13.2 Å². The molecular formula is C28H33FN2O3. The third kappa shape index (κ3) is 5.73. The number of hydrogen-bond donors (Lipinski definition) is 1. The summed E-state index contributed by atoms with van der Waals surface area (Å²) in [6, 6.07) is 16.9. The molecule has 0 bridgehead atoms. The molecule has 0 aliphatic heterocycles. The van der Waals surface area contributed by atoms with E-state index in [4.69, 9.17) is 14.9 Å². The van der Waals surface area contributed by atoms with Crippen molar-refractivity contribution < 1.29 is 19.0 Å². The van der Waals surface area contributed by atoms with Crippen molar-refractivity contribution in [3.8, 4) is 22.4 Å². The van der Waals surface area contributed by atoms with E-state index >= 15 is 0 Å². The molecule has 2 aromatic carbocycles. The first-order valence-corrected chi connectivity index (χ1v) is 12.1. The van der Waals surface area contributed by atoms with Crippen molar-refractivity contribution in [2.45, 2.75) is 52.0 Å². The van der Waals surface area contributed by atoms with Gasteiger partial charge in [0.05, 0.1) is 6.61 Å². The minimum Gasteiger partial charge on any atom is -0.480 e. The van der Waals surface area contributed by atoms with Gasteiger partial charge in [0.1, 0.15) is 18.1 Å². The van der Waals surface area contributed by atoms with Crippen molar-refractivity contribution in [1.29, 1.82) is 0 Å². The first-order chi connectivity index (χ1) is 16.4. The van der Waals surface area contributed by atoms with Gasteiger partial charge in [0.2, 0.25) is 0 Å². The molecule has 180 valence electrons. The number of hydrogen-bond acceptors (Lipinski definition) is 3. The molecular weight excluding hydrogens is 431 g/mol. The zero-order chi connectivity index (χ0) is 24.1. The van der Waals surface area contributed by atoms with Gasteiger partial charge in [-0.3, -0.25) is 4.68 Å². The number of carboxylic acids is 1. The molecule has 0 amide bonds. The molecule has 1 aliphatic carbocycles. The number of nitrogens with zero attached hydrogens (tertiary/aromatic N) is 2. The van der Waals surface area contributed by atoms with Crippen LogP contribution in [0.25, 0.3) is 22.4 Å². The van der Waals surface area contributed by atoms with Gasteiger partial charge in [-0.25, -0.2) is 9.18 Å². The van der Waals surface area contributed by atoms with Crippen molar-refractivity contribution in [2.24, 2.45) is 11.8 Å². The normalized spacial score (nSPS) is 18.4. The maximum atomic E-state index is 14.2. The summed E-state index contributed by atoms with van der Waals surface area (Å²) in [5.74, 6) is -0.0269. The fraction of sp³-hybridized carbons (Fsp3) is 0.429. The maximum Gasteiger partial charge on any atom is 0.329 e. The number of benzene rings is 2. The number of rotatable bonds is 9. The zero-order valence-corrected chi connectivity index (χ0v) is 19.9. The van der Waals surface area contributed by atoms with Crippen LogP contribution in [0.15, 0.2) is 54.6 Å². The summed E-state index contributed by atoms with van der Waals surface area (Å²) >= 11 is 0. The van der Waals surface area contributed by atoms with E-state index in [1.54, 1.807) is 12.1 Å². The van der Waals surface area contributed by atoms with E-state index in [-0.39, 0.29) is 18.3 Å². The van der Waals surface area contributed by atoms with Crippen molar-refractivity contribution in [3.63, 3.8) is 0 Å². The van der Waals surface area contributed by atoms with Crippen LogP contribution in [0.4, 0.5) is 4.39 Å². The molecule has 1 N–H and O–H groups in total. The van der Waals surface area contributed by atoms with Gasteiger partial charge in [-0.2, -0.15) is 5.10 Å². The van der Waals surface area contributed by atoms with E-state index < -0.39 is 5.97 Å². The van der Waals surface area contributed by atoms with Gasteiger partial charge in [-0.1, -0.05) is 56.3 Å². The van der Waals surface area contributed by atoms with Gasteiger partial charge < -0.3 is 9.84 Å². The predicted molar refractivity (Wildman–Crippen MR) is 131 cm³/mol. The van der Waals surface area contributed by atoms with E-state index in [2.05, 4.69) is 30.7 Å². The average Bonchev–Trinajstić information content (AvgIpc) is 3.20. The highest BCUT2D eigenvalue weighted by Gasteiger charge is 2.27. The summed E-state index contributed by atoms with van der Waals surface area (Å²) in [6.07, 6.45) is 4.19. The van der Waals surface area contributed by atoms with Gasteiger partial charge in [0.15, 0.2) is 0 Å². The minimum absolute atomic E-state index is 0.226. The SMILES string of the molecule is CC(C)c1c(-c2cccc(F)c2)c(-c2ccccc2)nn1CC1CCC(COCC(=O)O)CC1. The molecule has 0 unspecified atom stereocenters. The standard InChI is InChI=1S/C28H33FN2O3/c1-19(2)28-26(23-9-6-10-24(29)15-23)27(22-7-4-3-5-8-22)30-31(28)16-20-11-13-21(14-12-20)17-34-18-25(32)33/h3-10,15,19-21H,11-14,16-18H2,1-2H3,(H,32,33). The Kier molecular flexibility index (Phi) is 7.78. The van der Waals surface area contributed by atoms with E-state index in [9.17, 15) is 9.18 Å². The van der Waals surface area contributed by atoms with Crippen LogP contribution in [0.1, 0.15) is 51.1 Å². The second-order valence-electron chi connectivity index (χ2n) is 9.62. The Morgan fingerprint density at radius 1 is 1.06 bits per heavy atom. The summed E-state index contributed by atoms with van der Waals surface area (Å²) in [7, 11) is 0. The summed E-state index contributed by atoms with van der Waals surface area (Å²) in [4.78, 5) is 10.7. The highest BCUT2D eigenvalue weighted by Crippen LogP contribution is 2.39. The van der Waals surface area contributed by atoms with E-state index in [1.165, 1.54) is 6.07 Å². The summed E-state index contributed by atoms with van der Waals surface area (Å²) in [5, 5.41) is 13.9. The van der Waals surface area contributed by atoms with Crippen LogP contribution in [0.3, 0.4) is 0 Å². The molecule has 0 saturated heterocycles. The van der Waals surface area contributed by atoms with Crippen molar-refractivity contribution >= 4 is 5.97 Å². The minimum atomic E-state index is -0.920. The molecule has 1 aromatic heterocycles. The van der Waals surface area contributed by atoms with E-state index in [1.807, 2.05) is 24.3 Å². The van der Waals surface area contributed by atoms with Gasteiger partial charge >= 0.3 is 5.97 Å². The summed E-state index contributed by atoms with van der Waals surface area (Å²) < 4.78 is 21.7. The summed E-state index contributed by atoms with van der Waals surface area (Å²) in [5.41, 5.74) is 4.92. The van der Waals surface area contributed by atoms with Gasteiger partial charge in [-0.15, -0.1) is 0 Å². The maximum absolute atomic E-state index is 14.2. The third-order valence-electron chi connectivity index (χ3n) is 6.68. The lowest BCUT2D eigenvalue weighted by Crippen LogP contribution is -2.24. The second-order valence-corrected chi connectivity index (χ2v) is 9.62. The molecule has 0 spiro atoms. The van der Waals surface area contributed by atoms with Crippen LogP contribution < -0.4 is 0 Å². The fourth-order valence-electron chi connectivity index (χ4n) is 5.07. The monoisotopic (exact) mass is 464 g/mol. The lowest BCUT2D eigenvalue weighted by atomic mass is 9.82. The molecule has 3 aromatic rings. The van der Waals surface area contributed by atoms with Gasteiger partial charge in [0.25, 0.3) is 0 Å². The first-order valence-electron chi connectivity index (χ1n) is 12.1. The predicted octanol–water partition coefficient (Wildman–Crippen LogP) is 6.39. The van der Waals surface area contributed by atoms with Gasteiger partial charge in [0, 0.05) is 23.4 Å². The van der Waals surface area contributed by atoms with E-state index in [0.717, 1.165) is 60.3 Å². The van der Waals surface area contributed by atoms with Crippen LogP contribution in [0.5, 0.6) is 0 Å². The Hall–Kier alpha value is -2.99. The van der Waals surface area contributed by atoms with Crippen LogP contribution in [-0.4, -0.2) is 34.1 Å². The molecule has 1 heterocycles. The Balaban J connectivity index is 1.60. The number of carbonyl (C=O) groups is 1. The highest BCUT2D eigenvalue weighted by molar-refractivity contribution is 5.83. The number of halogens is 1. The topological polar surface area (TPSA) is 64.4 Å². The van der Waals surface area contributed by atoms with Crippen molar-refractivity contribution in [1.82, 2.24) is 9.78 Å². The van der Waals surface area contributed by atoms with Gasteiger partial charge in [-0.05, 0) is 61.1 Å². The molecule has 0 atom stereocenters. The van der Waals surface area contributed by atoms with Crippen LogP contribution in [0.2, 0.25) is 0 Å². The zero-order valence-electron chi connectivity index (χ0n) is 19.9.